The molecule has 0 atom stereocenters. The number of fused-ring (bicyclic) bond motifs is 1. The second-order valence-corrected chi connectivity index (χ2v) is 5.34. The molecule has 24 heavy (non-hydrogen) atoms. The maximum atomic E-state index is 11.7. The summed E-state index contributed by atoms with van der Waals surface area (Å²) in [6, 6.07) is 11.4. The van der Waals surface area contributed by atoms with Crippen LogP contribution in [0.15, 0.2) is 51.7 Å². The lowest BCUT2D eigenvalue weighted by molar-refractivity contribution is 0.0697. The summed E-state index contributed by atoms with van der Waals surface area (Å²) >= 11 is 0. The van der Waals surface area contributed by atoms with E-state index in [1.807, 2.05) is 19.9 Å². The highest BCUT2D eigenvalue weighted by atomic mass is 16.4. The Hall–Kier alpha value is -3.14. The fourth-order valence-corrected chi connectivity index (χ4v) is 2.91. The molecule has 1 heterocycles. The highest BCUT2D eigenvalue weighted by Gasteiger charge is 2.19. The summed E-state index contributed by atoms with van der Waals surface area (Å²) in [5.74, 6) is -0.555. The van der Waals surface area contributed by atoms with E-state index in [1.54, 1.807) is 36.4 Å². The monoisotopic (exact) mass is 320 g/mol. The summed E-state index contributed by atoms with van der Waals surface area (Å²) in [5.41, 5.74) is 2.72. The standard InChI is InChI=1S/C20H16O4/c1-3-13-17(4-2)24-18-11-12(21)9-10-16(18)19(13)14-7-5-6-8-15(14)20(22)23/h3-11H,1-2H3,(H,22,23)/b13-3+,17-4+. The van der Waals surface area contributed by atoms with Crippen molar-refractivity contribution < 1.29 is 14.3 Å². The van der Waals surface area contributed by atoms with Gasteiger partial charge in [0.25, 0.3) is 0 Å². The Morgan fingerprint density at radius 3 is 2.46 bits per heavy atom. The predicted molar refractivity (Wildman–Crippen MR) is 93.5 cm³/mol. The predicted octanol–water partition coefficient (Wildman–Crippen LogP) is 2.71. The molecule has 0 radical (unpaired) electrons. The molecule has 0 fully saturated rings. The Balaban J connectivity index is 2.58. The zero-order valence-corrected chi connectivity index (χ0v) is 13.4. The minimum atomic E-state index is -0.996. The summed E-state index contributed by atoms with van der Waals surface area (Å²) in [5, 5.41) is 10.3. The van der Waals surface area contributed by atoms with Gasteiger partial charge < -0.3 is 9.52 Å². The van der Waals surface area contributed by atoms with Crippen LogP contribution < -0.4 is 16.1 Å². The van der Waals surface area contributed by atoms with Crippen LogP contribution in [0.3, 0.4) is 0 Å². The van der Waals surface area contributed by atoms with E-state index < -0.39 is 5.97 Å². The molecule has 0 spiro atoms. The van der Waals surface area contributed by atoms with Gasteiger partial charge in [0.05, 0.1) is 5.56 Å². The van der Waals surface area contributed by atoms with Gasteiger partial charge in [-0.05, 0) is 43.7 Å². The summed E-state index contributed by atoms with van der Waals surface area (Å²) < 4.78 is 5.84. The van der Waals surface area contributed by atoms with Gasteiger partial charge in [-0.2, -0.15) is 0 Å². The number of carbonyl (C=O) groups is 1. The third-order valence-electron chi connectivity index (χ3n) is 3.95. The molecule has 0 unspecified atom stereocenters. The first-order valence-corrected chi connectivity index (χ1v) is 7.59. The van der Waals surface area contributed by atoms with Crippen LogP contribution in [0.1, 0.15) is 24.2 Å². The number of carboxylic acid groups (broad SMARTS) is 1. The van der Waals surface area contributed by atoms with Crippen molar-refractivity contribution in [3.8, 4) is 22.5 Å². The SMILES string of the molecule is C/C=c1/c(-c2ccccc2C(=O)O)c2ccc(=O)cc-2o/c1=C/C. The third-order valence-corrected chi connectivity index (χ3v) is 3.95. The minimum absolute atomic E-state index is 0.154. The zero-order valence-electron chi connectivity index (χ0n) is 13.4. The highest BCUT2D eigenvalue weighted by Crippen LogP contribution is 2.31. The topological polar surface area (TPSA) is 67.5 Å². The molecule has 1 N–H and O–H groups in total. The van der Waals surface area contributed by atoms with E-state index in [9.17, 15) is 14.7 Å². The van der Waals surface area contributed by atoms with Crippen LogP contribution in [0.4, 0.5) is 0 Å². The van der Waals surface area contributed by atoms with Crippen molar-refractivity contribution >= 4 is 18.1 Å². The number of hydrogen-bond acceptors (Lipinski definition) is 3. The van der Waals surface area contributed by atoms with Crippen LogP contribution in [-0.2, 0) is 0 Å². The van der Waals surface area contributed by atoms with Crippen LogP contribution in [0.5, 0.6) is 0 Å². The van der Waals surface area contributed by atoms with Crippen molar-refractivity contribution in [1.82, 2.24) is 0 Å². The summed E-state index contributed by atoms with van der Waals surface area (Å²) in [6.45, 7) is 3.71. The van der Waals surface area contributed by atoms with Gasteiger partial charge in [0, 0.05) is 22.4 Å². The number of hydrogen-bond donors (Lipinski definition) is 1. The Morgan fingerprint density at radius 2 is 1.79 bits per heavy atom. The van der Waals surface area contributed by atoms with Crippen LogP contribution >= 0.6 is 0 Å². The number of benzene rings is 2. The maximum Gasteiger partial charge on any atom is 0.336 e. The van der Waals surface area contributed by atoms with E-state index in [-0.39, 0.29) is 11.0 Å². The molecule has 0 bridgehead atoms. The van der Waals surface area contributed by atoms with Gasteiger partial charge in [0.15, 0.2) is 5.43 Å². The van der Waals surface area contributed by atoms with Gasteiger partial charge in [-0.3, -0.25) is 4.79 Å². The molecule has 1 aromatic carbocycles. The van der Waals surface area contributed by atoms with Gasteiger partial charge >= 0.3 is 5.97 Å². The lowest BCUT2D eigenvalue weighted by atomic mass is 9.92. The number of carboxylic acids is 1. The van der Waals surface area contributed by atoms with Gasteiger partial charge in [-0.25, -0.2) is 4.79 Å². The van der Waals surface area contributed by atoms with Gasteiger partial charge in [-0.1, -0.05) is 24.3 Å². The van der Waals surface area contributed by atoms with Crippen molar-refractivity contribution in [2.75, 3.05) is 0 Å². The van der Waals surface area contributed by atoms with Crippen molar-refractivity contribution in [2.24, 2.45) is 0 Å². The molecule has 1 aliphatic heterocycles. The average Bonchev–Trinajstić information content (AvgIpc) is 2.59. The normalized spacial score (nSPS) is 12.8. The smallest absolute Gasteiger partial charge is 0.336 e. The quantitative estimate of drug-likeness (QED) is 0.788. The second kappa shape index (κ2) is 6.16. The van der Waals surface area contributed by atoms with E-state index in [0.29, 0.717) is 22.3 Å². The van der Waals surface area contributed by atoms with E-state index in [0.717, 1.165) is 10.8 Å². The molecular formula is C20H16O4. The van der Waals surface area contributed by atoms with Crippen molar-refractivity contribution in [3.63, 3.8) is 0 Å². The molecule has 4 heteroatoms. The summed E-state index contributed by atoms with van der Waals surface area (Å²) in [7, 11) is 0. The molecule has 0 saturated heterocycles. The molecule has 0 aromatic heterocycles. The van der Waals surface area contributed by atoms with Crippen LogP contribution in [0.25, 0.3) is 34.6 Å². The van der Waals surface area contributed by atoms with Gasteiger partial charge in [0.2, 0.25) is 0 Å². The third kappa shape index (κ3) is 2.52. The molecule has 1 aromatic rings. The molecule has 1 aliphatic carbocycles. The first-order chi connectivity index (χ1) is 11.6. The summed E-state index contributed by atoms with van der Waals surface area (Å²) in [6.07, 6.45) is 3.69. The largest absolute Gasteiger partial charge is 0.478 e. The Kier molecular flexibility index (Phi) is 4.04. The van der Waals surface area contributed by atoms with E-state index in [4.69, 9.17) is 4.42 Å². The molecule has 120 valence electrons. The first kappa shape index (κ1) is 15.7. The Bertz CT molecular complexity index is 1070. The fraction of sp³-hybridized carbons (Fsp3) is 0.100. The Morgan fingerprint density at radius 1 is 1.04 bits per heavy atom. The van der Waals surface area contributed by atoms with Crippen LogP contribution in [0, 0.1) is 0 Å². The van der Waals surface area contributed by atoms with E-state index >= 15 is 0 Å². The number of aromatic carboxylic acids is 1. The van der Waals surface area contributed by atoms with E-state index in [2.05, 4.69) is 0 Å². The molecule has 3 rings (SSSR count). The number of rotatable bonds is 2. The fourth-order valence-electron chi connectivity index (χ4n) is 2.91. The Labute approximate surface area is 138 Å². The van der Waals surface area contributed by atoms with Crippen molar-refractivity contribution in [2.45, 2.75) is 13.8 Å². The maximum absolute atomic E-state index is 11.7. The molecule has 0 saturated carbocycles. The molecule has 0 amide bonds. The molecule has 4 nitrogen and oxygen atoms in total. The van der Waals surface area contributed by atoms with E-state index in [1.165, 1.54) is 12.1 Å². The minimum Gasteiger partial charge on any atom is -0.478 e. The van der Waals surface area contributed by atoms with Gasteiger partial charge in [-0.15, -0.1) is 0 Å². The first-order valence-electron chi connectivity index (χ1n) is 7.59. The van der Waals surface area contributed by atoms with Crippen LogP contribution in [-0.4, -0.2) is 11.1 Å². The second-order valence-electron chi connectivity index (χ2n) is 5.34. The highest BCUT2D eigenvalue weighted by molar-refractivity contribution is 5.98. The molecular weight excluding hydrogens is 304 g/mol. The van der Waals surface area contributed by atoms with Crippen molar-refractivity contribution in [1.29, 1.82) is 0 Å². The lowest BCUT2D eigenvalue weighted by Gasteiger charge is -2.14. The summed E-state index contributed by atoms with van der Waals surface area (Å²) in [4.78, 5) is 23.3. The lowest BCUT2D eigenvalue weighted by Crippen LogP contribution is -2.28. The molecule has 2 aliphatic rings. The average molecular weight is 320 g/mol. The van der Waals surface area contributed by atoms with Crippen molar-refractivity contribution in [3.05, 3.63) is 68.9 Å². The van der Waals surface area contributed by atoms with Crippen LogP contribution in [0.2, 0.25) is 0 Å². The zero-order chi connectivity index (χ0) is 17.3. The van der Waals surface area contributed by atoms with Gasteiger partial charge in [0.1, 0.15) is 11.2 Å².